The fourth-order valence-electron chi connectivity index (χ4n) is 1.20. The maximum atomic E-state index is 11.2. The second-order valence-electron chi connectivity index (χ2n) is 3.32. The van der Waals surface area contributed by atoms with Crippen LogP contribution in [0, 0.1) is 5.92 Å². The number of nitrogens with one attached hydrogen (secondary N) is 1. The molecule has 0 amide bonds. The maximum Gasteiger partial charge on any atom is 0.158 e. The minimum Gasteiger partial charge on any atom is -0.374 e. The number of Topliss-reactive ketones (excluding diaryl/α,β-unsaturated/α-hetero) is 1. The largest absolute Gasteiger partial charge is 0.374 e. The zero-order chi connectivity index (χ0) is 8.81. The zero-order valence-electron chi connectivity index (χ0n) is 7.64. The molecule has 1 rings (SSSR count). The second kappa shape index (κ2) is 5.27. The van der Waals surface area contributed by atoms with Gasteiger partial charge in [0.1, 0.15) is 6.61 Å². The average molecular weight is 171 g/mol. The summed E-state index contributed by atoms with van der Waals surface area (Å²) in [4.78, 5) is 11.2. The fourth-order valence-corrected chi connectivity index (χ4v) is 1.20. The van der Waals surface area contributed by atoms with Crippen molar-refractivity contribution in [3.8, 4) is 0 Å². The van der Waals surface area contributed by atoms with E-state index in [2.05, 4.69) is 5.32 Å². The highest BCUT2D eigenvalue weighted by Crippen LogP contribution is 2.08. The van der Waals surface area contributed by atoms with Crippen LogP contribution < -0.4 is 5.32 Å². The molecule has 0 atom stereocenters. The van der Waals surface area contributed by atoms with Gasteiger partial charge in [0, 0.05) is 13.0 Å². The van der Waals surface area contributed by atoms with Crippen molar-refractivity contribution in [2.75, 3.05) is 26.3 Å². The number of carbonyl (C=O) groups is 1. The van der Waals surface area contributed by atoms with Crippen molar-refractivity contribution in [2.24, 2.45) is 5.92 Å². The van der Waals surface area contributed by atoms with Gasteiger partial charge in [0.05, 0.1) is 0 Å². The molecule has 0 aliphatic carbocycles. The Kier molecular flexibility index (Phi) is 4.25. The second-order valence-corrected chi connectivity index (χ2v) is 3.32. The topological polar surface area (TPSA) is 38.3 Å². The van der Waals surface area contributed by atoms with Crippen molar-refractivity contribution in [3.63, 3.8) is 0 Å². The van der Waals surface area contributed by atoms with E-state index in [-0.39, 0.29) is 5.78 Å². The highest BCUT2D eigenvalue weighted by atomic mass is 16.5. The van der Waals surface area contributed by atoms with Gasteiger partial charge in [-0.25, -0.2) is 0 Å². The van der Waals surface area contributed by atoms with Gasteiger partial charge in [-0.15, -0.1) is 0 Å². The van der Waals surface area contributed by atoms with Crippen molar-refractivity contribution >= 4 is 5.78 Å². The number of rotatable bonds is 6. The Labute approximate surface area is 73.5 Å². The molecule has 0 aromatic carbocycles. The van der Waals surface area contributed by atoms with E-state index in [0.29, 0.717) is 25.6 Å². The lowest BCUT2D eigenvalue weighted by Gasteiger charge is -2.26. The third kappa shape index (κ3) is 3.32. The molecule has 3 heteroatoms. The highest BCUT2D eigenvalue weighted by Gasteiger charge is 2.19. The quantitative estimate of drug-likeness (QED) is 0.594. The van der Waals surface area contributed by atoms with Crippen LogP contribution >= 0.6 is 0 Å². The summed E-state index contributed by atoms with van der Waals surface area (Å²) in [5, 5.41) is 3.14. The van der Waals surface area contributed by atoms with Crippen LogP contribution in [0.4, 0.5) is 0 Å². The molecule has 0 spiro atoms. The molecule has 1 saturated heterocycles. The molecule has 0 saturated carbocycles. The van der Waals surface area contributed by atoms with Gasteiger partial charge in [-0.1, -0.05) is 6.92 Å². The normalized spacial score (nSPS) is 17.4. The molecule has 1 heterocycles. The smallest absolute Gasteiger partial charge is 0.158 e. The predicted molar refractivity (Wildman–Crippen MR) is 47.1 cm³/mol. The summed E-state index contributed by atoms with van der Waals surface area (Å²) in [6.45, 7) is 5.05. The molecule has 12 heavy (non-hydrogen) atoms. The van der Waals surface area contributed by atoms with E-state index >= 15 is 0 Å². The first-order valence-electron chi connectivity index (χ1n) is 4.63. The van der Waals surface area contributed by atoms with E-state index in [0.717, 1.165) is 19.5 Å². The lowest BCUT2D eigenvalue weighted by molar-refractivity contribution is -0.124. The summed E-state index contributed by atoms with van der Waals surface area (Å²) in [6.07, 6.45) is 1.68. The molecule has 0 bridgehead atoms. The van der Waals surface area contributed by atoms with Crippen LogP contribution in [-0.2, 0) is 9.53 Å². The average Bonchev–Trinajstić information content (AvgIpc) is 1.98. The van der Waals surface area contributed by atoms with Crippen LogP contribution in [0.25, 0.3) is 0 Å². The molecule has 0 unspecified atom stereocenters. The first kappa shape index (κ1) is 9.68. The Bertz CT molecular complexity index is 143. The molecule has 0 radical (unpaired) electrons. The van der Waals surface area contributed by atoms with Crippen molar-refractivity contribution in [1.29, 1.82) is 0 Å². The summed E-state index contributed by atoms with van der Waals surface area (Å²) >= 11 is 0. The molecule has 70 valence electrons. The minimum absolute atomic E-state index is 0.245. The van der Waals surface area contributed by atoms with Gasteiger partial charge in [0.25, 0.3) is 0 Å². The zero-order valence-corrected chi connectivity index (χ0v) is 7.64. The number of carbonyl (C=O) groups excluding carboxylic acids is 1. The lowest BCUT2D eigenvalue weighted by atomic mass is 9.97. The van der Waals surface area contributed by atoms with Gasteiger partial charge in [-0.2, -0.15) is 0 Å². The molecule has 1 N–H and O–H groups in total. The number of hydrogen-bond acceptors (Lipinski definition) is 3. The Morgan fingerprint density at radius 2 is 2.33 bits per heavy atom. The Balaban J connectivity index is 1.95. The molecular weight excluding hydrogens is 154 g/mol. The summed E-state index contributed by atoms with van der Waals surface area (Å²) in [7, 11) is 0. The fraction of sp³-hybridized carbons (Fsp3) is 0.889. The first-order chi connectivity index (χ1) is 5.83. The standard InChI is InChI=1S/C9H17NO2/c1-2-3-12-7-9(11)4-8-5-10-6-8/h8,10H,2-7H2,1H3. The minimum atomic E-state index is 0.245. The summed E-state index contributed by atoms with van der Waals surface area (Å²) in [5.41, 5.74) is 0. The summed E-state index contributed by atoms with van der Waals surface area (Å²) < 4.78 is 5.14. The molecule has 0 aromatic heterocycles. The van der Waals surface area contributed by atoms with Gasteiger partial charge in [0.15, 0.2) is 5.78 Å². The molecule has 1 aliphatic heterocycles. The van der Waals surface area contributed by atoms with Crippen LogP contribution in [0.1, 0.15) is 19.8 Å². The Morgan fingerprint density at radius 3 is 2.83 bits per heavy atom. The molecule has 1 fully saturated rings. The Hall–Kier alpha value is -0.410. The molecular formula is C9H17NO2. The van der Waals surface area contributed by atoms with Crippen LogP contribution in [0.2, 0.25) is 0 Å². The van der Waals surface area contributed by atoms with Crippen molar-refractivity contribution in [3.05, 3.63) is 0 Å². The molecule has 0 aromatic rings. The lowest BCUT2D eigenvalue weighted by Crippen LogP contribution is -2.43. The van der Waals surface area contributed by atoms with Gasteiger partial charge in [-0.3, -0.25) is 4.79 Å². The van der Waals surface area contributed by atoms with E-state index in [9.17, 15) is 4.79 Å². The van der Waals surface area contributed by atoms with Crippen molar-refractivity contribution < 1.29 is 9.53 Å². The third-order valence-corrected chi connectivity index (χ3v) is 1.99. The summed E-state index contributed by atoms with van der Waals surface area (Å²) in [5.74, 6) is 0.817. The number of ketones is 1. The van der Waals surface area contributed by atoms with Gasteiger partial charge in [-0.05, 0) is 25.4 Å². The third-order valence-electron chi connectivity index (χ3n) is 1.99. The number of hydrogen-bond donors (Lipinski definition) is 1. The van der Waals surface area contributed by atoms with Crippen molar-refractivity contribution in [2.45, 2.75) is 19.8 Å². The summed E-state index contributed by atoms with van der Waals surface area (Å²) in [6, 6.07) is 0. The molecule has 1 aliphatic rings. The highest BCUT2D eigenvalue weighted by molar-refractivity contribution is 5.80. The van der Waals surface area contributed by atoms with Crippen LogP contribution in [0.3, 0.4) is 0 Å². The molecule has 3 nitrogen and oxygen atoms in total. The Morgan fingerprint density at radius 1 is 1.58 bits per heavy atom. The van der Waals surface area contributed by atoms with Crippen molar-refractivity contribution in [1.82, 2.24) is 5.32 Å². The number of ether oxygens (including phenoxy) is 1. The van der Waals surface area contributed by atoms with E-state index in [1.165, 1.54) is 0 Å². The van der Waals surface area contributed by atoms with Gasteiger partial charge < -0.3 is 10.1 Å². The van der Waals surface area contributed by atoms with E-state index < -0.39 is 0 Å². The van der Waals surface area contributed by atoms with E-state index in [4.69, 9.17) is 4.74 Å². The van der Waals surface area contributed by atoms with Gasteiger partial charge >= 0.3 is 0 Å². The monoisotopic (exact) mass is 171 g/mol. The van der Waals surface area contributed by atoms with Crippen LogP contribution in [0.5, 0.6) is 0 Å². The van der Waals surface area contributed by atoms with Crippen LogP contribution in [0.15, 0.2) is 0 Å². The van der Waals surface area contributed by atoms with E-state index in [1.54, 1.807) is 0 Å². The van der Waals surface area contributed by atoms with Crippen LogP contribution in [-0.4, -0.2) is 32.1 Å². The maximum absolute atomic E-state index is 11.2. The predicted octanol–water partition coefficient (Wildman–Crippen LogP) is 0.592. The van der Waals surface area contributed by atoms with E-state index in [1.807, 2.05) is 6.92 Å². The first-order valence-corrected chi connectivity index (χ1v) is 4.63. The SMILES string of the molecule is CCCOCC(=O)CC1CNC1. The van der Waals surface area contributed by atoms with Gasteiger partial charge in [0.2, 0.25) is 0 Å².